The zero-order valence-electron chi connectivity index (χ0n) is 17.1. The second-order valence-corrected chi connectivity index (χ2v) is 8.14. The first-order valence-electron chi connectivity index (χ1n) is 9.14. The number of amides is 1. The van der Waals surface area contributed by atoms with E-state index in [1.54, 1.807) is 0 Å². The zero-order valence-corrected chi connectivity index (χ0v) is 17.9. The molecule has 10 nitrogen and oxygen atoms in total. The molecule has 11 heteroatoms. The fourth-order valence-electron chi connectivity index (χ4n) is 2.75. The molecule has 0 aliphatic heterocycles. The topological polar surface area (TPSA) is 137 Å². The maximum absolute atomic E-state index is 12.5. The molecule has 0 aliphatic carbocycles. The molecule has 32 heavy (non-hydrogen) atoms. The largest absolute Gasteiger partial charge is 0.497 e. The van der Waals surface area contributed by atoms with Gasteiger partial charge in [-0.05, 0) is 54.6 Å². The molecule has 166 valence electrons. The molecule has 3 rings (SSSR count). The van der Waals surface area contributed by atoms with Crippen LogP contribution < -0.4 is 19.5 Å². The number of hydrogen-bond donors (Lipinski definition) is 2. The number of anilines is 2. The van der Waals surface area contributed by atoms with E-state index in [-0.39, 0.29) is 33.3 Å². The fourth-order valence-corrected chi connectivity index (χ4v) is 3.81. The minimum Gasteiger partial charge on any atom is -0.497 e. The Morgan fingerprint density at radius 2 is 1.59 bits per heavy atom. The standard InChI is InChI=1S/C21H19N3O7S/c1-30-17-8-10-18(11-9-17)32(28,29)23-15-5-3-14(4-6-15)21(25)22-19-12-7-16(24(26)27)13-20(19)31-2/h3-13,23H,1-2H3,(H,22,25). The van der Waals surface area contributed by atoms with Crippen LogP contribution in [0.5, 0.6) is 11.5 Å². The number of sulfonamides is 1. The van der Waals surface area contributed by atoms with Crippen molar-refractivity contribution < 1.29 is 27.6 Å². The summed E-state index contributed by atoms with van der Waals surface area (Å²) in [4.78, 5) is 22.9. The predicted molar refractivity (Wildman–Crippen MR) is 118 cm³/mol. The molecule has 0 unspecified atom stereocenters. The fraction of sp³-hybridized carbons (Fsp3) is 0.0952. The van der Waals surface area contributed by atoms with Gasteiger partial charge in [0.25, 0.3) is 21.6 Å². The molecule has 2 N–H and O–H groups in total. The normalized spacial score (nSPS) is 10.8. The third-order valence-electron chi connectivity index (χ3n) is 4.41. The molecule has 0 spiro atoms. The first kappa shape index (κ1) is 22.6. The minimum absolute atomic E-state index is 0.0605. The van der Waals surface area contributed by atoms with Crippen LogP contribution in [0.3, 0.4) is 0 Å². The van der Waals surface area contributed by atoms with Crippen molar-refractivity contribution in [2.75, 3.05) is 24.3 Å². The van der Waals surface area contributed by atoms with Crippen LogP contribution in [0.2, 0.25) is 0 Å². The maximum Gasteiger partial charge on any atom is 0.273 e. The Kier molecular flexibility index (Phi) is 6.59. The number of carbonyl (C=O) groups excluding carboxylic acids is 1. The molecule has 0 aromatic heterocycles. The Hall–Kier alpha value is -4.12. The monoisotopic (exact) mass is 457 g/mol. The van der Waals surface area contributed by atoms with Crippen LogP contribution in [0.25, 0.3) is 0 Å². The second kappa shape index (κ2) is 9.35. The van der Waals surface area contributed by atoms with Gasteiger partial charge in [-0.15, -0.1) is 0 Å². The molecule has 0 heterocycles. The number of nitro benzene ring substituents is 1. The van der Waals surface area contributed by atoms with Crippen LogP contribution in [-0.2, 0) is 10.0 Å². The summed E-state index contributed by atoms with van der Waals surface area (Å²) in [6.45, 7) is 0. The maximum atomic E-state index is 12.5. The number of non-ortho nitro benzene ring substituents is 1. The highest BCUT2D eigenvalue weighted by Gasteiger charge is 2.16. The van der Waals surface area contributed by atoms with Crippen molar-refractivity contribution >= 4 is 33.0 Å². The molecule has 3 aromatic carbocycles. The van der Waals surface area contributed by atoms with E-state index in [0.29, 0.717) is 5.75 Å². The van der Waals surface area contributed by atoms with Crippen molar-refractivity contribution in [1.82, 2.24) is 0 Å². The highest BCUT2D eigenvalue weighted by Crippen LogP contribution is 2.29. The van der Waals surface area contributed by atoms with Crippen molar-refractivity contribution in [2.24, 2.45) is 0 Å². The van der Waals surface area contributed by atoms with Gasteiger partial charge in [0.2, 0.25) is 0 Å². The lowest BCUT2D eigenvalue weighted by molar-refractivity contribution is -0.384. The lowest BCUT2D eigenvalue weighted by atomic mass is 10.2. The predicted octanol–water partition coefficient (Wildman–Crippen LogP) is 3.67. The second-order valence-electron chi connectivity index (χ2n) is 6.45. The molecule has 0 saturated carbocycles. The van der Waals surface area contributed by atoms with Gasteiger partial charge < -0.3 is 14.8 Å². The highest BCUT2D eigenvalue weighted by molar-refractivity contribution is 7.92. The summed E-state index contributed by atoms with van der Waals surface area (Å²) in [5.41, 5.74) is 0.601. The lowest BCUT2D eigenvalue weighted by Gasteiger charge is -2.11. The number of benzene rings is 3. The summed E-state index contributed by atoms with van der Waals surface area (Å²) in [6.07, 6.45) is 0. The van der Waals surface area contributed by atoms with Crippen LogP contribution in [0.1, 0.15) is 10.4 Å². The molecule has 0 aliphatic rings. The Balaban J connectivity index is 1.72. The molecular weight excluding hydrogens is 438 g/mol. The number of methoxy groups -OCH3 is 2. The third kappa shape index (κ3) is 5.13. The van der Waals surface area contributed by atoms with E-state index in [1.165, 1.54) is 80.9 Å². The SMILES string of the molecule is COc1ccc(S(=O)(=O)Nc2ccc(C(=O)Nc3ccc([N+](=O)[O-])cc3OC)cc2)cc1. The summed E-state index contributed by atoms with van der Waals surface area (Å²) in [5, 5.41) is 13.5. The van der Waals surface area contributed by atoms with Crippen LogP contribution in [0.15, 0.2) is 71.6 Å². The molecule has 0 atom stereocenters. The van der Waals surface area contributed by atoms with Crippen LogP contribution >= 0.6 is 0 Å². The van der Waals surface area contributed by atoms with Gasteiger partial charge in [-0.1, -0.05) is 0 Å². The van der Waals surface area contributed by atoms with E-state index in [9.17, 15) is 23.3 Å². The van der Waals surface area contributed by atoms with Crippen molar-refractivity contribution in [3.05, 3.63) is 82.4 Å². The summed E-state index contributed by atoms with van der Waals surface area (Å²) in [6, 6.07) is 15.5. The number of nitro groups is 1. The van der Waals surface area contributed by atoms with E-state index in [0.717, 1.165) is 0 Å². The quantitative estimate of drug-likeness (QED) is 0.389. The van der Waals surface area contributed by atoms with E-state index in [1.807, 2.05) is 0 Å². The lowest BCUT2D eigenvalue weighted by Crippen LogP contribution is -2.14. The van der Waals surface area contributed by atoms with Gasteiger partial charge in [-0.25, -0.2) is 8.42 Å². The average Bonchev–Trinajstić information content (AvgIpc) is 2.79. The number of nitrogens with one attached hydrogen (secondary N) is 2. The first-order chi connectivity index (χ1) is 15.2. The van der Waals surface area contributed by atoms with Crippen molar-refractivity contribution in [3.8, 4) is 11.5 Å². The number of carbonyl (C=O) groups is 1. The summed E-state index contributed by atoms with van der Waals surface area (Å²) < 4.78 is 37.6. The van der Waals surface area contributed by atoms with Crippen molar-refractivity contribution in [3.63, 3.8) is 0 Å². The van der Waals surface area contributed by atoms with Gasteiger partial charge in [0.05, 0.1) is 35.8 Å². The van der Waals surface area contributed by atoms with Gasteiger partial charge in [-0.2, -0.15) is 0 Å². The molecule has 0 saturated heterocycles. The van der Waals surface area contributed by atoms with E-state index in [2.05, 4.69) is 10.0 Å². The summed E-state index contributed by atoms with van der Waals surface area (Å²) in [7, 11) is -1.00. The van der Waals surface area contributed by atoms with E-state index >= 15 is 0 Å². The first-order valence-corrected chi connectivity index (χ1v) is 10.6. The number of ether oxygens (including phenoxy) is 2. The van der Waals surface area contributed by atoms with Crippen molar-refractivity contribution in [1.29, 1.82) is 0 Å². The highest BCUT2D eigenvalue weighted by atomic mass is 32.2. The van der Waals surface area contributed by atoms with Gasteiger partial charge in [-0.3, -0.25) is 19.6 Å². The molecule has 3 aromatic rings. The third-order valence-corrected chi connectivity index (χ3v) is 5.81. The van der Waals surface area contributed by atoms with Crippen LogP contribution in [0.4, 0.5) is 17.1 Å². The number of nitrogens with zero attached hydrogens (tertiary/aromatic N) is 1. The Labute approximate surface area is 184 Å². The van der Waals surface area contributed by atoms with Gasteiger partial charge in [0.15, 0.2) is 0 Å². The molecular formula is C21H19N3O7S. The molecule has 0 fully saturated rings. The van der Waals surface area contributed by atoms with Crippen molar-refractivity contribution in [2.45, 2.75) is 4.90 Å². The molecule has 0 radical (unpaired) electrons. The van der Waals surface area contributed by atoms with E-state index in [4.69, 9.17) is 9.47 Å². The smallest absolute Gasteiger partial charge is 0.273 e. The minimum atomic E-state index is -3.82. The average molecular weight is 457 g/mol. The van der Waals surface area contributed by atoms with Gasteiger partial charge in [0.1, 0.15) is 11.5 Å². The van der Waals surface area contributed by atoms with Crippen LogP contribution in [-0.4, -0.2) is 33.5 Å². The van der Waals surface area contributed by atoms with E-state index < -0.39 is 20.9 Å². The van der Waals surface area contributed by atoms with Gasteiger partial charge in [0, 0.05) is 17.3 Å². The zero-order chi connectivity index (χ0) is 23.3. The molecule has 0 bridgehead atoms. The number of hydrogen-bond acceptors (Lipinski definition) is 7. The number of rotatable bonds is 8. The molecule has 1 amide bonds. The Bertz CT molecular complexity index is 1240. The Morgan fingerprint density at radius 1 is 0.938 bits per heavy atom. The summed E-state index contributed by atoms with van der Waals surface area (Å²) in [5.74, 6) is 0.169. The van der Waals surface area contributed by atoms with Crippen LogP contribution in [0, 0.1) is 10.1 Å². The van der Waals surface area contributed by atoms with Gasteiger partial charge >= 0.3 is 0 Å². The summed E-state index contributed by atoms with van der Waals surface area (Å²) >= 11 is 0. The Morgan fingerprint density at radius 3 is 2.16 bits per heavy atom.